The molecule has 17 aromatic rings. The van der Waals surface area contributed by atoms with Gasteiger partial charge in [0, 0.05) is 88.6 Å². The van der Waals surface area contributed by atoms with Gasteiger partial charge >= 0.3 is 0 Å². The van der Waals surface area contributed by atoms with Gasteiger partial charge in [0.25, 0.3) is 6.71 Å². The fourth-order valence-corrected chi connectivity index (χ4v) is 16.7. The molecule has 0 amide bonds. The Labute approximate surface area is 639 Å². The van der Waals surface area contributed by atoms with Gasteiger partial charge in [-0.2, -0.15) is 0 Å². The van der Waals surface area contributed by atoms with Gasteiger partial charge in [-0.05, 0) is 193 Å². The third-order valence-electron chi connectivity index (χ3n) is 22.2. The zero-order valence-corrected chi connectivity index (χ0v) is 61.9. The maximum absolute atomic E-state index is 9.88. The molecule has 0 bridgehead atoms. The Morgan fingerprint density at radius 3 is 0.914 bits per heavy atom. The summed E-state index contributed by atoms with van der Waals surface area (Å²) in [6, 6.07) is 52.2. The maximum atomic E-state index is 9.88. The molecule has 0 saturated heterocycles. The number of hydrogen-bond acceptors (Lipinski definition) is 2. The number of fused-ring (bicyclic) bond motifs is 16. The van der Waals surface area contributed by atoms with E-state index >= 15 is 0 Å². The van der Waals surface area contributed by atoms with Crippen molar-refractivity contribution in [2.45, 2.75) is 131 Å². The van der Waals surface area contributed by atoms with E-state index in [-0.39, 0.29) is 65.3 Å². The molecule has 2 aliphatic heterocycles. The van der Waals surface area contributed by atoms with Gasteiger partial charge < -0.3 is 28.1 Å². The highest BCUT2D eigenvalue weighted by Gasteiger charge is 2.46. The zero-order chi connectivity index (χ0) is 86.2. The highest BCUT2D eigenvalue weighted by atomic mass is 15.2. The minimum atomic E-state index is -0.742. The first-order chi connectivity index (χ1) is 56.9. The summed E-state index contributed by atoms with van der Waals surface area (Å²) < 4.78 is 159. The van der Waals surface area contributed by atoms with E-state index in [2.05, 4.69) is 256 Å². The van der Waals surface area contributed by atoms with E-state index < -0.39 is 109 Å². The lowest BCUT2D eigenvalue weighted by Gasteiger charge is -2.45. The van der Waals surface area contributed by atoms with Gasteiger partial charge in [0.2, 0.25) is 0 Å². The molecule has 0 aliphatic carbocycles. The summed E-state index contributed by atoms with van der Waals surface area (Å²) in [6.45, 7) is 32.4. The van der Waals surface area contributed by atoms with Crippen molar-refractivity contribution in [1.82, 2.24) is 18.3 Å². The number of para-hydroxylation sites is 6. The van der Waals surface area contributed by atoms with E-state index in [0.29, 0.717) is 22.7 Å². The molecule has 19 rings (SSSR count). The van der Waals surface area contributed by atoms with Crippen molar-refractivity contribution in [1.29, 1.82) is 0 Å². The van der Waals surface area contributed by atoms with Crippen molar-refractivity contribution in [3.8, 4) is 22.7 Å². The Morgan fingerprint density at radius 1 is 0.248 bits per heavy atom. The molecule has 2 aliphatic rings. The van der Waals surface area contributed by atoms with Crippen LogP contribution < -0.4 is 26.2 Å². The lowest BCUT2D eigenvalue weighted by atomic mass is 9.33. The Bertz CT molecular complexity index is 6920. The SMILES string of the molecule is [2H]c1c([2H])c([2H])c2c(c1[2H])c1c([2H])c([2H])c([2H])c([2H])c1n2-c1ccc2c(c1)N(c1cccc3c4cc(C(C)(C)C)ccc4n(-c4ccc(C(C)(C)C)cc4)c13)c1cc(C(C)(C)C)cc3c1B2c1ccc(-n2c4c([2H])c([2H])c([2H])c([2H])c4c4c([2H])c([2H])c([2H])c([2H])c42)cc1N3c1cccc2c3cc(C(C)(C)C)ccc3n(-c3ccc(C(C)(C)C)cc3)c12. The predicted octanol–water partition coefficient (Wildman–Crippen LogP) is 24.6. The molecule has 0 radical (unpaired) electrons. The largest absolute Gasteiger partial charge is 0.309 e. The number of benzene rings is 13. The van der Waals surface area contributed by atoms with Crippen molar-refractivity contribution >= 4 is 144 Å². The fraction of sp³-hybridized carbons (Fsp3) is 0.204. The molecule has 0 N–H and O–H groups in total. The minimum absolute atomic E-state index is 0.0408. The molecule has 6 heterocycles. The molecule has 0 fully saturated rings. The molecule has 0 saturated carbocycles. The van der Waals surface area contributed by atoms with E-state index in [1.54, 1.807) is 9.13 Å². The Hall–Kier alpha value is -11.3. The first-order valence-electron chi connectivity index (χ1n) is 44.4. The molecule has 0 unspecified atom stereocenters. The van der Waals surface area contributed by atoms with E-state index in [0.717, 1.165) is 122 Å². The van der Waals surface area contributed by atoms with Gasteiger partial charge in [0.1, 0.15) is 0 Å². The van der Waals surface area contributed by atoms with Crippen LogP contribution in [0.15, 0.2) is 267 Å². The van der Waals surface area contributed by atoms with Crippen molar-refractivity contribution in [2.75, 3.05) is 9.80 Å². The highest BCUT2D eigenvalue weighted by molar-refractivity contribution is 7.00. The zero-order valence-electron chi connectivity index (χ0n) is 77.9. The molecular formula is C98H89BN6. The Balaban J connectivity index is 1.02. The van der Waals surface area contributed by atoms with Crippen LogP contribution >= 0.6 is 0 Å². The topological polar surface area (TPSA) is 26.2 Å². The van der Waals surface area contributed by atoms with Gasteiger partial charge in [0.15, 0.2) is 0 Å². The lowest BCUT2D eigenvalue weighted by Crippen LogP contribution is -2.61. The third-order valence-corrected chi connectivity index (χ3v) is 22.2. The molecule has 4 aromatic heterocycles. The summed E-state index contributed by atoms with van der Waals surface area (Å²) in [7, 11) is 0. The van der Waals surface area contributed by atoms with Crippen LogP contribution in [0, 0.1) is 0 Å². The number of rotatable bonds is 6. The Kier molecular flexibility index (Phi) is 10.6. The standard InChI is InChI=1S/C98H89BN6/c1-94(2,3)60-38-44-65(45-39-60)102-83-52-42-62(96(7,8)9)54-75(83)73-30-24-36-85(92(73)102)104-87-58-67(100-79-32-20-16-26-69(79)70-27-17-21-33-80(70)100)48-50-77(87)99-78-51-49-68(101-81-34-22-18-28-71(81)72-29-19-23-35-82(72)101)59-88(78)105(90-57-64(98(13,14)15)56-89(104)91(90)99)86-37-25-31-74-76-55-63(97(10,11)12)43-53-84(76)103(93(74)86)66-46-40-61(41-47-66)95(4,5)6/h16-59H,1-15H3/i16D,17D,18D,19D,20D,21D,22D,23D,26D,27D,28D,29D,32D,33D,34D,35D. The lowest BCUT2D eigenvalue weighted by molar-refractivity contribution is 0.590. The number of anilines is 6. The second-order valence-electron chi connectivity index (χ2n) is 33.9. The van der Waals surface area contributed by atoms with Crippen LogP contribution in [-0.2, 0) is 27.1 Å². The smallest absolute Gasteiger partial charge is 0.252 e. The molecule has 514 valence electrons. The second kappa shape index (κ2) is 22.6. The van der Waals surface area contributed by atoms with E-state index in [1.165, 1.54) is 0 Å². The quantitative estimate of drug-likeness (QED) is 0.155. The molecule has 13 aromatic carbocycles. The summed E-state index contributed by atoms with van der Waals surface area (Å²) in [5, 5.41) is 3.69. The van der Waals surface area contributed by atoms with Gasteiger partial charge in [-0.1, -0.05) is 249 Å². The summed E-state index contributed by atoms with van der Waals surface area (Å²) >= 11 is 0. The normalized spacial score (nSPS) is 15.7. The van der Waals surface area contributed by atoms with Gasteiger partial charge in [-0.3, -0.25) is 0 Å². The average molecular weight is 1380 g/mol. The minimum Gasteiger partial charge on any atom is -0.309 e. The van der Waals surface area contributed by atoms with Crippen LogP contribution in [0.25, 0.3) is 110 Å². The van der Waals surface area contributed by atoms with Gasteiger partial charge in [-0.15, -0.1) is 0 Å². The maximum Gasteiger partial charge on any atom is 0.252 e. The number of nitrogens with zero attached hydrogens (tertiary/aromatic N) is 6. The summed E-state index contributed by atoms with van der Waals surface area (Å²) in [5.74, 6) is 0. The van der Waals surface area contributed by atoms with Crippen LogP contribution in [0.3, 0.4) is 0 Å². The molecule has 6 nitrogen and oxygen atoms in total. The number of aromatic nitrogens is 4. The second-order valence-corrected chi connectivity index (χ2v) is 33.9. The number of hydrogen-bond donors (Lipinski definition) is 0. The average Bonchev–Trinajstić information content (AvgIpc) is 1.58. The first-order valence-corrected chi connectivity index (χ1v) is 36.4. The third kappa shape index (κ3) is 9.82. The van der Waals surface area contributed by atoms with Crippen LogP contribution in [0.4, 0.5) is 34.1 Å². The van der Waals surface area contributed by atoms with E-state index in [1.807, 2.05) is 36.4 Å². The van der Waals surface area contributed by atoms with Crippen LogP contribution in [0.2, 0.25) is 0 Å². The molecule has 0 spiro atoms. The van der Waals surface area contributed by atoms with Crippen LogP contribution in [0.5, 0.6) is 0 Å². The molecule has 105 heavy (non-hydrogen) atoms. The van der Waals surface area contributed by atoms with Crippen LogP contribution in [-0.4, -0.2) is 25.0 Å². The molecule has 7 heteroatoms. The summed E-state index contributed by atoms with van der Waals surface area (Å²) in [6.07, 6.45) is 0. The first kappa shape index (κ1) is 49.4. The van der Waals surface area contributed by atoms with Crippen molar-refractivity contribution in [3.63, 3.8) is 0 Å². The molecular weight excluding hydrogens is 1270 g/mol. The van der Waals surface area contributed by atoms with E-state index in [4.69, 9.17) is 5.48 Å². The fourth-order valence-electron chi connectivity index (χ4n) is 16.7. The van der Waals surface area contributed by atoms with E-state index in [9.17, 15) is 16.4 Å². The Morgan fingerprint density at radius 2 is 0.571 bits per heavy atom. The van der Waals surface area contributed by atoms with Crippen molar-refractivity contribution in [2.24, 2.45) is 0 Å². The van der Waals surface area contributed by atoms with Crippen LogP contribution in [0.1, 0.15) is 154 Å². The van der Waals surface area contributed by atoms with Gasteiger partial charge in [0.05, 0.1) is 77.4 Å². The highest BCUT2D eigenvalue weighted by Crippen LogP contribution is 2.53. The summed E-state index contributed by atoms with van der Waals surface area (Å²) in [4.78, 5) is 4.65. The monoisotopic (exact) mass is 1380 g/mol. The summed E-state index contributed by atoms with van der Waals surface area (Å²) in [5.41, 5.74) is 16.6. The van der Waals surface area contributed by atoms with Crippen molar-refractivity contribution < 1.29 is 21.9 Å². The molecule has 0 atom stereocenters. The predicted molar refractivity (Wildman–Crippen MR) is 451 cm³/mol. The van der Waals surface area contributed by atoms with Crippen molar-refractivity contribution in [3.05, 3.63) is 294 Å². The van der Waals surface area contributed by atoms with Gasteiger partial charge in [-0.25, -0.2) is 0 Å².